The molecule has 0 saturated carbocycles. The summed E-state index contributed by atoms with van der Waals surface area (Å²) in [6, 6.07) is 7.53. The third-order valence-corrected chi connectivity index (χ3v) is 2.37. The molecular formula is C13H19NO3. The average Bonchev–Trinajstić information content (AvgIpc) is 2.29. The van der Waals surface area contributed by atoms with Crippen molar-refractivity contribution in [1.82, 2.24) is 5.32 Å². The van der Waals surface area contributed by atoms with E-state index in [1.807, 2.05) is 31.2 Å². The number of para-hydroxylation sites is 1. The number of amides is 1. The van der Waals surface area contributed by atoms with Gasteiger partial charge in [0.15, 0.2) is 0 Å². The van der Waals surface area contributed by atoms with Crippen molar-refractivity contribution in [2.75, 3.05) is 20.8 Å². The number of ether oxygens (including phenoxy) is 2. The van der Waals surface area contributed by atoms with Crippen molar-refractivity contribution in [3.05, 3.63) is 29.8 Å². The molecule has 1 amide bonds. The summed E-state index contributed by atoms with van der Waals surface area (Å²) in [4.78, 5) is 11.7. The van der Waals surface area contributed by atoms with E-state index in [9.17, 15) is 4.79 Å². The fraction of sp³-hybridized carbons (Fsp3) is 0.462. The topological polar surface area (TPSA) is 47.6 Å². The molecule has 0 unspecified atom stereocenters. The number of nitrogens with one attached hydrogen (secondary N) is 1. The second-order valence-corrected chi connectivity index (χ2v) is 3.91. The number of carbonyl (C=O) groups excluding carboxylic acids is 1. The first-order valence-corrected chi connectivity index (χ1v) is 5.57. The van der Waals surface area contributed by atoms with Crippen molar-refractivity contribution >= 4 is 5.91 Å². The van der Waals surface area contributed by atoms with Gasteiger partial charge in [-0.2, -0.15) is 0 Å². The Morgan fingerprint density at radius 3 is 2.71 bits per heavy atom. The fourth-order valence-corrected chi connectivity index (χ4v) is 1.64. The van der Waals surface area contributed by atoms with E-state index in [0.29, 0.717) is 13.0 Å². The first-order chi connectivity index (χ1) is 8.17. The summed E-state index contributed by atoms with van der Waals surface area (Å²) < 4.78 is 10.2. The van der Waals surface area contributed by atoms with Crippen molar-refractivity contribution in [3.8, 4) is 5.75 Å². The lowest BCUT2D eigenvalue weighted by atomic mass is 10.1. The van der Waals surface area contributed by atoms with E-state index >= 15 is 0 Å². The van der Waals surface area contributed by atoms with Crippen LogP contribution in [0.15, 0.2) is 24.3 Å². The lowest BCUT2D eigenvalue weighted by molar-refractivity contribution is -0.121. The van der Waals surface area contributed by atoms with Crippen LogP contribution in [-0.2, 0) is 16.0 Å². The quantitative estimate of drug-likeness (QED) is 0.813. The molecule has 0 fully saturated rings. The standard InChI is InChI=1S/C13H19NO3/c1-10(9-16-2)14-13(15)8-11-6-4-5-7-12(11)17-3/h4-7,10H,8-9H2,1-3H3,(H,14,15)/t10-/m1/s1. The van der Waals surface area contributed by atoms with E-state index < -0.39 is 0 Å². The van der Waals surface area contributed by atoms with Gasteiger partial charge in [0.25, 0.3) is 0 Å². The van der Waals surface area contributed by atoms with Gasteiger partial charge in [-0.05, 0) is 13.0 Å². The van der Waals surface area contributed by atoms with Gasteiger partial charge in [-0.1, -0.05) is 18.2 Å². The van der Waals surface area contributed by atoms with Crippen molar-refractivity contribution in [3.63, 3.8) is 0 Å². The summed E-state index contributed by atoms with van der Waals surface area (Å²) in [7, 11) is 3.22. The minimum absolute atomic E-state index is 0.0159. The number of benzene rings is 1. The molecule has 0 aliphatic carbocycles. The van der Waals surface area contributed by atoms with Crippen molar-refractivity contribution < 1.29 is 14.3 Å². The van der Waals surface area contributed by atoms with E-state index in [2.05, 4.69) is 5.32 Å². The van der Waals surface area contributed by atoms with Gasteiger partial charge in [-0.25, -0.2) is 0 Å². The average molecular weight is 237 g/mol. The Labute approximate surface area is 102 Å². The number of rotatable bonds is 6. The maximum absolute atomic E-state index is 11.7. The van der Waals surface area contributed by atoms with Gasteiger partial charge < -0.3 is 14.8 Å². The molecule has 0 bridgehead atoms. The van der Waals surface area contributed by atoms with E-state index in [4.69, 9.17) is 9.47 Å². The molecule has 4 heteroatoms. The molecule has 0 aromatic heterocycles. The normalized spacial score (nSPS) is 11.9. The lowest BCUT2D eigenvalue weighted by Crippen LogP contribution is -2.36. The molecule has 1 aromatic carbocycles. The molecule has 1 atom stereocenters. The zero-order valence-electron chi connectivity index (χ0n) is 10.5. The number of methoxy groups -OCH3 is 2. The molecule has 0 spiro atoms. The molecule has 4 nitrogen and oxygen atoms in total. The van der Waals surface area contributed by atoms with Gasteiger partial charge in [0, 0.05) is 18.7 Å². The highest BCUT2D eigenvalue weighted by Crippen LogP contribution is 2.17. The van der Waals surface area contributed by atoms with Gasteiger partial charge in [0.2, 0.25) is 5.91 Å². The first-order valence-electron chi connectivity index (χ1n) is 5.57. The first kappa shape index (κ1) is 13.5. The maximum Gasteiger partial charge on any atom is 0.224 e. The van der Waals surface area contributed by atoms with Crippen LogP contribution in [0.5, 0.6) is 5.75 Å². The molecule has 0 saturated heterocycles. The van der Waals surface area contributed by atoms with Crippen LogP contribution in [-0.4, -0.2) is 32.8 Å². The van der Waals surface area contributed by atoms with E-state index in [0.717, 1.165) is 11.3 Å². The Bertz CT molecular complexity index is 365. The number of hydrogen-bond donors (Lipinski definition) is 1. The van der Waals surface area contributed by atoms with Crippen LogP contribution >= 0.6 is 0 Å². The highest BCUT2D eigenvalue weighted by Gasteiger charge is 2.10. The Hall–Kier alpha value is -1.55. The number of carbonyl (C=O) groups is 1. The van der Waals surface area contributed by atoms with E-state index in [1.54, 1.807) is 14.2 Å². The predicted octanol–water partition coefficient (Wildman–Crippen LogP) is 1.39. The Morgan fingerprint density at radius 2 is 2.06 bits per heavy atom. The molecule has 1 rings (SSSR count). The molecule has 1 N–H and O–H groups in total. The van der Waals surface area contributed by atoms with Crippen molar-refractivity contribution in [2.24, 2.45) is 0 Å². The minimum atomic E-state index is -0.0287. The van der Waals surface area contributed by atoms with E-state index in [-0.39, 0.29) is 11.9 Å². The molecule has 0 aliphatic heterocycles. The monoisotopic (exact) mass is 237 g/mol. The second kappa shape index (κ2) is 6.91. The summed E-state index contributed by atoms with van der Waals surface area (Å²) in [6.07, 6.45) is 0.318. The molecule has 0 heterocycles. The van der Waals surface area contributed by atoms with Gasteiger partial charge >= 0.3 is 0 Å². The zero-order chi connectivity index (χ0) is 12.7. The molecule has 17 heavy (non-hydrogen) atoms. The highest BCUT2D eigenvalue weighted by molar-refractivity contribution is 5.79. The number of hydrogen-bond acceptors (Lipinski definition) is 3. The zero-order valence-corrected chi connectivity index (χ0v) is 10.5. The SMILES string of the molecule is COC[C@@H](C)NC(=O)Cc1ccccc1OC. The third kappa shape index (κ3) is 4.44. The fourth-order valence-electron chi connectivity index (χ4n) is 1.64. The molecular weight excluding hydrogens is 218 g/mol. The lowest BCUT2D eigenvalue weighted by Gasteiger charge is -2.13. The van der Waals surface area contributed by atoms with Gasteiger partial charge in [-0.15, -0.1) is 0 Å². The van der Waals surface area contributed by atoms with Gasteiger partial charge in [0.1, 0.15) is 5.75 Å². The van der Waals surface area contributed by atoms with Gasteiger partial charge in [0.05, 0.1) is 20.1 Å². The van der Waals surface area contributed by atoms with Crippen LogP contribution in [0.1, 0.15) is 12.5 Å². The summed E-state index contributed by atoms with van der Waals surface area (Å²) in [5.41, 5.74) is 0.886. The Balaban J connectivity index is 2.55. The van der Waals surface area contributed by atoms with Gasteiger partial charge in [-0.3, -0.25) is 4.79 Å². The molecule has 1 aromatic rings. The van der Waals surface area contributed by atoms with Crippen LogP contribution in [0.4, 0.5) is 0 Å². The van der Waals surface area contributed by atoms with Crippen molar-refractivity contribution in [2.45, 2.75) is 19.4 Å². The largest absolute Gasteiger partial charge is 0.496 e. The summed E-state index contributed by atoms with van der Waals surface area (Å²) >= 11 is 0. The third-order valence-electron chi connectivity index (χ3n) is 2.37. The van der Waals surface area contributed by atoms with Crippen LogP contribution in [0, 0.1) is 0 Å². The summed E-state index contributed by atoms with van der Waals surface area (Å²) in [5.74, 6) is 0.709. The molecule has 0 radical (unpaired) electrons. The summed E-state index contributed by atoms with van der Waals surface area (Å²) in [5, 5.41) is 2.86. The Kier molecular flexibility index (Phi) is 5.49. The van der Waals surface area contributed by atoms with Crippen LogP contribution in [0.25, 0.3) is 0 Å². The van der Waals surface area contributed by atoms with Crippen LogP contribution in [0.2, 0.25) is 0 Å². The minimum Gasteiger partial charge on any atom is -0.496 e. The van der Waals surface area contributed by atoms with Crippen LogP contribution in [0.3, 0.4) is 0 Å². The highest BCUT2D eigenvalue weighted by atomic mass is 16.5. The predicted molar refractivity (Wildman–Crippen MR) is 66.2 cm³/mol. The maximum atomic E-state index is 11.7. The summed E-state index contributed by atoms with van der Waals surface area (Å²) in [6.45, 7) is 2.42. The smallest absolute Gasteiger partial charge is 0.224 e. The molecule has 94 valence electrons. The van der Waals surface area contributed by atoms with E-state index in [1.165, 1.54) is 0 Å². The van der Waals surface area contributed by atoms with Crippen molar-refractivity contribution in [1.29, 1.82) is 0 Å². The van der Waals surface area contributed by atoms with Crippen LogP contribution < -0.4 is 10.1 Å². The molecule has 0 aliphatic rings. The Morgan fingerprint density at radius 1 is 1.35 bits per heavy atom. The second-order valence-electron chi connectivity index (χ2n) is 3.91.